The lowest BCUT2D eigenvalue weighted by atomic mass is 9.81. The normalized spacial score (nSPS) is 20.3. The molecule has 0 bridgehead atoms. The van der Waals surface area contributed by atoms with Gasteiger partial charge in [-0.05, 0) is 42.7 Å². The van der Waals surface area contributed by atoms with Gasteiger partial charge in [0.15, 0.2) is 10.1 Å². The van der Waals surface area contributed by atoms with Crippen molar-refractivity contribution in [3.8, 4) is 5.75 Å². The van der Waals surface area contributed by atoms with E-state index in [4.69, 9.17) is 4.74 Å². The summed E-state index contributed by atoms with van der Waals surface area (Å²) < 4.78 is 6.76. The number of fused-ring (bicyclic) bond motifs is 2. The predicted molar refractivity (Wildman–Crippen MR) is 127 cm³/mol. The number of rotatable bonds is 6. The molecule has 2 heterocycles. The van der Waals surface area contributed by atoms with Crippen molar-refractivity contribution < 1.29 is 19.2 Å². The number of carbonyl (C=O) groups excluding carboxylic acids is 2. The van der Waals surface area contributed by atoms with Gasteiger partial charge in [-0.3, -0.25) is 24.6 Å². The van der Waals surface area contributed by atoms with Crippen LogP contribution in [0.3, 0.4) is 0 Å². The number of carbonyl (C=O) groups is 2. The number of anilines is 1. The van der Waals surface area contributed by atoms with E-state index in [1.165, 1.54) is 41.2 Å². The highest BCUT2D eigenvalue weighted by atomic mass is 32.2. The van der Waals surface area contributed by atoms with Crippen LogP contribution in [0.2, 0.25) is 0 Å². The van der Waals surface area contributed by atoms with E-state index in [1.807, 2.05) is 12.1 Å². The second-order valence-corrected chi connectivity index (χ2v) is 10.4. The number of thioether (sulfide) groups is 1. The van der Waals surface area contributed by atoms with Crippen LogP contribution in [0.15, 0.2) is 40.7 Å². The molecule has 5 rings (SSSR count). The van der Waals surface area contributed by atoms with Gasteiger partial charge in [0.05, 0.1) is 39.8 Å². The monoisotopic (exact) mass is 483 g/mol. The van der Waals surface area contributed by atoms with E-state index in [1.54, 1.807) is 18.2 Å². The third-order valence-corrected chi connectivity index (χ3v) is 8.49. The number of amides is 2. The number of imide groups is 1. The maximum absolute atomic E-state index is 12.9. The highest BCUT2D eigenvalue weighted by Crippen LogP contribution is 2.41. The molecule has 1 saturated heterocycles. The molecule has 0 radical (unpaired) electrons. The summed E-state index contributed by atoms with van der Waals surface area (Å²) in [4.78, 5) is 42.6. The molecular formula is C23H21N3O5S2. The molecule has 0 spiro atoms. The number of nitro groups is 1. The van der Waals surface area contributed by atoms with Crippen LogP contribution in [0.5, 0.6) is 5.75 Å². The first-order valence-corrected chi connectivity index (χ1v) is 12.5. The number of nitro benzene ring substituents is 1. The highest BCUT2D eigenvalue weighted by Gasteiger charge is 2.48. The number of thiazole rings is 1. The fourth-order valence-corrected chi connectivity index (χ4v) is 6.67. The molecule has 1 aromatic heterocycles. The highest BCUT2D eigenvalue weighted by molar-refractivity contribution is 8.00. The molecule has 2 fully saturated rings. The topological polar surface area (TPSA) is 103 Å². The first kappa shape index (κ1) is 21.8. The Bertz CT molecular complexity index is 1250. The average Bonchev–Trinajstić information content (AvgIpc) is 3.35. The van der Waals surface area contributed by atoms with Crippen molar-refractivity contribution in [3.05, 3.63) is 52.1 Å². The van der Waals surface area contributed by atoms with Gasteiger partial charge in [-0.15, -0.1) is 11.3 Å². The van der Waals surface area contributed by atoms with Crippen molar-refractivity contribution in [2.24, 2.45) is 11.8 Å². The zero-order valence-electron chi connectivity index (χ0n) is 17.9. The number of ether oxygens (including phenoxy) is 1. The number of nitrogens with zero attached hydrogens (tertiary/aromatic N) is 3. The van der Waals surface area contributed by atoms with E-state index in [9.17, 15) is 19.7 Å². The fraction of sp³-hybridized carbons (Fsp3) is 0.348. The van der Waals surface area contributed by atoms with Crippen LogP contribution >= 0.6 is 23.1 Å². The number of aromatic nitrogens is 1. The van der Waals surface area contributed by atoms with Crippen molar-refractivity contribution in [3.63, 3.8) is 0 Å². The largest absolute Gasteiger partial charge is 0.490 e. The third-order valence-electron chi connectivity index (χ3n) is 6.25. The smallest absolute Gasteiger partial charge is 0.311 e. The van der Waals surface area contributed by atoms with Crippen LogP contribution in [0.25, 0.3) is 10.2 Å². The lowest BCUT2D eigenvalue weighted by Crippen LogP contribution is -2.30. The van der Waals surface area contributed by atoms with Crippen molar-refractivity contribution in [1.29, 1.82) is 0 Å². The summed E-state index contributed by atoms with van der Waals surface area (Å²) in [5, 5.41) is 11.3. The van der Waals surface area contributed by atoms with Gasteiger partial charge >= 0.3 is 5.69 Å². The molecule has 0 unspecified atom stereocenters. The van der Waals surface area contributed by atoms with E-state index >= 15 is 0 Å². The van der Waals surface area contributed by atoms with Gasteiger partial charge in [0, 0.05) is 11.8 Å². The summed E-state index contributed by atoms with van der Waals surface area (Å²) in [5.74, 6) is 0.232. The molecule has 10 heteroatoms. The minimum Gasteiger partial charge on any atom is -0.490 e. The standard InChI is InChI=1S/C23H21N3O5S2/c1-31-19-9-6-13(10-18(19)26(29)30)12-32-23-24-17-8-7-14(11-20(17)33-23)25-21(27)15-4-2-3-5-16(15)22(25)28/h6-11,15-16H,2-5,12H2,1H3/t15-,16-/m0/s1. The fourth-order valence-electron chi connectivity index (χ4n) is 4.62. The van der Waals surface area contributed by atoms with Crippen molar-refractivity contribution >= 4 is 56.5 Å². The molecule has 0 N–H and O–H groups in total. The zero-order valence-corrected chi connectivity index (χ0v) is 19.5. The average molecular weight is 484 g/mol. The molecule has 1 saturated carbocycles. The molecule has 1 aliphatic carbocycles. The number of hydrogen-bond acceptors (Lipinski definition) is 8. The van der Waals surface area contributed by atoms with Crippen LogP contribution in [-0.4, -0.2) is 28.8 Å². The Hall–Kier alpha value is -2.98. The van der Waals surface area contributed by atoms with E-state index in [0.717, 1.165) is 45.8 Å². The molecule has 2 aromatic carbocycles. The van der Waals surface area contributed by atoms with Crippen molar-refractivity contribution in [2.75, 3.05) is 12.0 Å². The van der Waals surface area contributed by atoms with Crippen LogP contribution in [0.1, 0.15) is 31.2 Å². The molecule has 3 aromatic rings. The number of hydrogen-bond donors (Lipinski definition) is 0. The zero-order chi connectivity index (χ0) is 23.1. The van der Waals surface area contributed by atoms with Gasteiger partial charge in [0.2, 0.25) is 11.8 Å². The van der Waals surface area contributed by atoms with Crippen LogP contribution < -0.4 is 9.64 Å². The molecule has 170 valence electrons. The Morgan fingerprint density at radius 3 is 2.55 bits per heavy atom. The minimum atomic E-state index is -0.455. The van der Waals surface area contributed by atoms with E-state index < -0.39 is 4.92 Å². The molecular weight excluding hydrogens is 462 g/mol. The summed E-state index contributed by atoms with van der Waals surface area (Å²) in [7, 11) is 1.41. The van der Waals surface area contributed by atoms with Gasteiger partial charge in [-0.2, -0.15) is 0 Å². The summed E-state index contributed by atoms with van der Waals surface area (Å²) >= 11 is 2.96. The van der Waals surface area contributed by atoms with Gasteiger partial charge in [-0.25, -0.2) is 4.98 Å². The molecule has 2 atom stereocenters. The molecule has 2 aliphatic rings. The minimum absolute atomic E-state index is 0.0648. The molecule has 8 nitrogen and oxygen atoms in total. The lowest BCUT2D eigenvalue weighted by Gasteiger charge is -2.19. The van der Waals surface area contributed by atoms with Crippen molar-refractivity contribution in [1.82, 2.24) is 4.98 Å². The SMILES string of the molecule is COc1ccc(CSc2nc3ccc(N4C(=O)[C@H]5CCCC[C@@H]5C4=O)cc3s2)cc1[N+](=O)[O-]. The Morgan fingerprint density at radius 1 is 1.15 bits per heavy atom. The Balaban J connectivity index is 1.35. The first-order valence-electron chi connectivity index (χ1n) is 10.7. The van der Waals surface area contributed by atoms with E-state index in [-0.39, 0.29) is 35.1 Å². The predicted octanol–water partition coefficient (Wildman–Crippen LogP) is 5.19. The lowest BCUT2D eigenvalue weighted by molar-refractivity contribution is -0.385. The van der Waals surface area contributed by atoms with E-state index in [2.05, 4.69) is 4.98 Å². The second kappa shape index (κ2) is 8.75. The number of methoxy groups -OCH3 is 1. The van der Waals surface area contributed by atoms with Crippen LogP contribution in [-0.2, 0) is 15.3 Å². The Morgan fingerprint density at radius 2 is 1.88 bits per heavy atom. The quantitative estimate of drug-likeness (QED) is 0.206. The van der Waals surface area contributed by atoms with Crippen molar-refractivity contribution in [2.45, 2.75) is 35.8 Å². The van der Waals surface area contributed by atoms with Gasteiger partial charge in [0.1, 0.15) is 0 Å². The summed E-state index contributed by atoms with van der Waals surface area (Å²) in [5.41, 5.74) is 2.13. The summed E-state index contributed by atoms with van der Waals surface area (Å²) in [6, 6.07) is 10.4. The maximum Gasteiger partial charge on any atom is 0.311 e. The summed E-state index contributed by atoms with van der Waals surface area (Å²) in [6.45, 7) is 0. The third kappa shape index (κ3) is 3.97. The second-order valence-electron chi connectivity index (χ2n) is 8.19. The van der Waals surface area contributed by atoms with Gasteiger partial charge in [-0.1, -0.05) is 30.7 Å². The van der Waals surface area contributed by atoms with Crippen LogP contribution in [0, 0.1) is 22.0 Å². The van der Waals surface area contributed by atoms with E-state index in [0.29, 0.717) is 11.4 Å². The maximum atomic E-state index is 12.9. The summed E-state index contributed by atoms with van der Waals surface area (Å²) in [6.07, 6.45) is 3.58. The van der Waals surface area contributed by atoms with Crippen LogP contribution in [0.4, 0.5) is 11.4 Å². The molecule has 2 amide bonds. The van der Waals surface area contributed by atoms with Gasteiger partial charge < -0.3 is 4.74 Å². The Labute approximate surface area is 198 Å². The Kier molecular flexibility index (Phi) is 5.79. The molecule has 33 heavy (non-hydrogen) atoms. The van der Waals surface area contributed by atoms with Gasteiger partial charge in [0.25, 0.3) is 0 Å². The first-order chi connectivity index (χ1) is 16.0. The molecule has 1 aliphatic heterocycles. The number of benzene rings is 2.